The Morgan fingerprint density at radius 3 is 2.46 bits per heavy atom. The minimum absolute atomic E-state index is 0. The summed E-state index contributed by atoms with van der Waals surface area (Å²) in [5, 5.41) is 0. The number of aryl methyl sites for hydroxylation is 1. The van der Waals surface area contributed by atoms with Crippen LogP contribution in [0.2, 0.25) is 0 Å². The minimum Gasteiger partial charge on any atom is -1.00 e. The van der Waals surface area contributed by atoms with E-state index in [9.17, 15) is 9.59 Å². The molecule has 2 rings (SSSR count). The van der Waals surface area contributed by atoms with Gasteiger partial charge >= 0.3 is 35.7 Å². The summed E-state index contributed by atoms with van der Waals surface area (Å²) < 4.78 is 5.32. The van der Waals surface area contributed by atoms with Crippen LogP contribution in [0.1, 0.15) is 34.2 Å². The molecule has 1 fully saturated rings. The standard InChI is InChI=1S/C18H26N2O3.Na.H/c1-18(2,3)23-17(22)20-13-12-19(16(21)14-20)11-7-10-15-8-5-4-6-9-15;;/h4-6,8-9H,7,10-14H2,1-3H3;;/q;+1;-1. The van der Waals surface area contributed by atoms with Gasteiger partial charge in [-0.05, 0) is 39.2 Å². The van der Waals surface area contributed by atoms with E-state index in [0.717, 1.165) is 19.4 Å². The van der Waals surface area contributed by atoms with E-state index in [1.54, 1.807) is 0 Å². The monoisotopic (exact) mass is 342 g/mol. The molecule has 1 heterocycles. The van der Waals surface area contributed by atoms with Crippen LogP contribution in [0.5, 0.6) is 0 Å². The molecule has 0 spiro atoms. The fraction of sp³-hybridized carbons (Fsp3) is 0.556. The summed E-state index contributed by atoms with van der Waals surface area (Å²) in [6.45, 7) is 7.43. The van der Waals surface area contributed by atoms with Crippen molar-refractivity contribution in [3.05, 3.63) is 35.9 Å². The Labute approximate surface area is 168 Å². The van der Waals surface area contributed by atoms with E-state index in [2.05, 4.69) is 12.1 Å². The fourth-order valence-electron chi connectivity index (χ4n) is 2.55. The molecule has 1 saturated heterocycles. The van der Waals surface area contributed by atoms with Gasteiger partial charge in [-0.15, -0.1) is 0 Å². The number of amides is 2. The Hall–Kier alpha value is -1.04. The summed E-state index contributed by atoms with van der Waals surface area (Å²) in [6, 6.07) is 10.3. The molecule has 0 aromatic heterocycles. The van der Waals surface area contributed by atoms with E-state index >= 15 is 0 Å². The molecule has 0 radical (unpaired) electrons. The first-order valence-corrected chi connectivity index (χ1v) is 8.15. The van der Waals surface area contributed by atoms with Gasteiger partial charge in [-0.2, -0.15) is 0 Å². The maximum absolute atomic E-state index is 12.2. The van der Waals surface area contributed by atoms with Gasteiger partial charge in [0, 0.05) is 19.6 Å². The Morgan fingerprint density at radius 1 is 1.21 bits per heavy atom. The summed E-state index contributed by atoms with van der Waals surface area (Å²) in [5.41, 5.74) is 0.750. The molecule has 1 aromatic carbocycles. The zero-order chi connectivity index (χ0) is 16.9. The number of benzene rings is 1. The van der Waals surface area contributed by atoms with Gasteiger partial charge in [-0.25, -0.2) is 4.79 Å². The van der Waals surface area contributed by atoms with E-state index in [0.29, 0.717) is 13.1 Å². The van der Waals surface area contributed by atoms with Crippen LogP contribution in [0.3, 0.4) is 0 Å². The molecule has 6 heteroatoms. The molecule has 0 N–H and O–H groups in total. The van der Waals surface area contributed by atoms with Crippen molar-refractivity contribution in [1.29, 1.82) is 0 Å². The zero-order valence-corrected chi connectivity index (χ0v) is 17.2. The second-order valence-corrected chi connectivity index (χ2v) is 6.87. The average molecular weight is 342 g/mol. The van der Waals surface area contributed by atoms with Crippen molar-refractivity contribution in [2.24, 2.45) is 0 Å². The van der Waals surface area contributed by atoms with Gasteiger partial charge in [-0.1, -0.05) is 30.3 Å². The van der Waals surface area contributed by atoms with E-state index < -0.39 is 11.7 Å². The van der Waals surface area contributed by atoms with Gasteiger partial charge < -0.3 is 11.1 Å². The van der Waals surface area contributed by atoms with Crippen LogP contribution in [-0.4, -0.2) is 53.6 Å². The van der Waals surface area contributed by atoms with Crippen molar-refractivity contribution in [3.8, 4) is 0 Å². The third kappa shape index (κ3) is 6.83. The molecule has 0 aliphatic carbocycles. The summed E-state index contributed by atoms with van der Waals surface area (Å²) >= 11 is 0. The van der Waals surface area contributed by atoms with E-state index in [-0.39, 0.29) is 43.4 Å². The second-order valence-electron chi connectivity index (χ2n) is 6.87. The maximum atomic E-state index is 12.2. The third-order valence-electron chi connectivity index (χ3n) is 3.71. The smallest absolute Gasteiger partial charge is 1.00 e. The van der Waals surface area contributed by atoms with Gasteiger partial charge in [-0.3, -0.25) is 9.69 Å². The van der Waals surface area contributed by atoms with Crippen LogP contribution in [-0.2, 0) is 16.0 Å². The Kier molecular flexibility index (Phi) is 8.27. The van der Waals surface area contributed by atoms with E-state index in [1.807, 2.05) is 43.9 Å². The molecule has 0 atom stereocenters. The van der Waals surface area contributed by atoms with Crippen LogP contribution < -0.4 is 29.6 Å². The zero-order valence-electron chi connectivity index (χ0n) is 16.2. The summed E-state index contributed by atoms with van der Waals surface area (Å²) in [6.07, 6.45) is 1.48. The first-order valence-electron chi connectivity index (χ1n) is 8.15. The van der Waals surface area contributed by atoms with Crippen LogP contribution in [0, 0.1) is 0 Å². The van der Waals surface area contributed by atoms with Gasteiger partial charge in [0.1, 0.15) is 12.1 Å². The number of carbonyl (C=O) groups excluding carboxylic acids is 2. The van der Waals surface area contributed by atoms with E-state index in [4.69, 9.17) is 4.74 Å². The Morgan fingerprint density at radius 2 is 1.88 bits per heavy atom. The number of hydrogen-bond acceptors (Lipinski definition) is 3. The van der Waals surface area contributed by atoms with Crippen molar-refractivity contribution in [1.82, 2.24) is 9.80 Å². The molecule has 5 nitrogen and oxygen atoms in total. The maximum Gasteiger partial charge on any atom is 1.00 e. The van der Waals surface area contributed by atoms with Crippen molar-refractivity contribution >= 4 is 12.0 Å². The van der Waals surface area contributed by atoms with Crippen LogP contribution in [0.25, 0.3) is 0 Å². The summed E-state index contributed by atoms with van der Waals surface area (Å²) in [7, 11) is 0. The van der Waals surface area contributed by atoms with Crippen LogP contribution in [0.15, 0.2) is 30.3 Å². The molecule has 128 valence electrons. The third-order valence-corrected chi connectivity index (χ3v) is 3.71. The number of rotatable bonds is 4. The molecule has 24 heavy (non-hydrogen) atoms. The number of hydrogen-bond donors (Lipinski definition) is 0. The van der Waals surface area contributed by atoms with Crippen LogP contribution in [0.4, 0.5) is 4.79 Å². The molecule has 1 aliphatic rings. The Bertz CT molecular complexity index is 549. The number of ether oxygens (including phenoxy) is 1. The minimum atomic E-state index is -0.535. The number of carbonyl (C=O) groups is 2. The quantitative estimate of drug-likeness (QED) is 0.713. The van der Waals surface area contributed by atoms with Crippen molar-refractivity contribution in [2.75, 3.05) is 26.2 Å². The molecule has 0 unspecified atom stereocenters. The van der Waals surface area contributed by atoms with Gasteiger partial charge in [0.05, 0.1) is 0 Å². The molecule has 1 aliphatic heterocycles. The number of piperazine rings is 1. The Balaban J connectivity index is 0.00000288. The summed E-state index contributed by atoms with van der Waals surface area (Å²) in [4.78, 5) is 27.5. The summed E-state index contributed by atoms with van der Waals surface area (Å²) in [5.74, 6) is -0.00447. The molecule has 2 amide bonds. The van der Waals surface area contributed by atoms with Gasteiger partial charge in [0.15, 0.2) is 0 Å². The van der Waals surface area contributed by atoms with E-state index in [1.165, 1.54) is 10.5 Å². The molecular formula is C18H27N2NaO3. The van der Waals surface area contributed by atoms with Gasteiger partial charge in [0.2, 0.25) is 5.91 Å². The topological polar surface area (TPSA) is 49.9 Å². The SMILES string of the molecule is CC(C)(C)OC(=O)N1CCN(CCCc2ccccc2)C(=O)C1.[H-].[Na+]. The first kappa shape index (κ1) is 21.0. The second kappa shape index (κ2) is 9.44. The van der Waals surface area contributed by atoms with Gasteiger partial charge in [0.25, 0.3) is 0 Å². The van der Waals surface area contributed by atoms with Crippen molar-refractivity contribution in [2.45, 2.75) is 39.2 Å². The largest absolute Gasteiger partial charge is 1.00 e. The number of nitrogens with zero attached hydrogens (tertiary/aromatic N) is 2. The van der Waals surface area contributed by atoms with Crippen LogP contribution >= 0.6 is 0 Å². The predicted molar refractivity (Wildman–Crippen MR) is 90.3 cm³/mol. The first-order chi connectivity index (χ1) is 10.8. The normalized spacial score (nSPS) is 15.0. The van der Waals surface area contributed by atoms with Crippen molar-refractivity contribution in [3.63, 3.8) is 0 Å². The molecule has 0 bridgehead atoms. The average Bonchev–Trinajstić information content (AvgIpc) is 2.48. The van der Waals surface area contributed by atoms with Crippen molar-refractivity contribution < 1.29 is 45.3 Å². The molecule has 0 saturated carbocycles. The molecular weight excluding hydrogens is 315 g/mol. The fourth-order valence-corrected chi connectivity index (χ4v) is 2.55. The predicted octanol–water partition coefficient (Wildman–Crippen LogP) is -0.185. The molecule has 1 aromatic rings.